The van der Waals surface area contributed by atoms with Gasteiger partial charge in [-0.2, -0.15) is 0 Å². The van der Waals surface area contributed by atoms with E-state index in [0.29, 0.717) is 15.6 Å². The van der Waals surface area contributed by atoms with E-state index >= 15 is 0 Å². The molecule has 0 amide bonds. The Morgan fingerprint density at radius 3 is 2.16 bits per heavy atom. The topological polar surface area (TPSA) is 83.1 Å². The molecule has 2 heterocycles. The van der Waals surface area contributed by atoms with Crippen molar-refractivity contribution in [3.05, 3.63) is 71.4 Å². The van der Waals surface area contributed by atoms with Crippen molar-refractivity contribution in [1.82, 2.24) is 9.97 Å². The number of sulfone groups is 1. The monoisotopic (exact) mass is 454 g/mol. The predicted molar refractivity (Wildman–Crippen MR) is 125 cm³/mol. The number of hydrogen-bond donors (Lipinski definition) is 2. The van der Waals surface area contributed by atoms with E-state index < -0.39 is 9.84 Å². The normalized spacial score (nSPS) is 11.8. The molecule has 2 N–H and O–H groups in total. The molecule has 0 atom stereocenters. The Morgan fingerprint density at radius 2 is 1.55 bits per heavy atom. The molecule has 2 aromatic carbocycles. The first-order chi connectivity index (χ1) is 14.8. The summed E-state index contributed by atoms with van der Waals surface area (Å²) in [7, 11) is -3.21. The Hall–Kier alpha value is -2.67. The molecule has 0 saturated carbocycles. The van der Waals surface area contributed by atoms with Gasteiger partial charge in [-0.1, -0.05) is 48.0 Å². The van der Waals surface area contributed by atoms with Crippen LogP contribution in [0.3, 0.4) is 0 Å². The maximum absolute atomic E-state index is 11.6. The third kappa shape index (κ3) is 4.82. The zero-order valence-electron chi connectivity index (χ0n) is 17.1. The number of fused-ring (bicyclic) bond motifs is 1. The van der Waals surface area contributed by atoms with Crippen molar-refractivity contribution in [2.45, 2.75) is 24.2 Å². The van der Waals surface area contributed by atoms with Gasteiger partial charge in [0.05, 0.1) is 26.6 Å². The second-order valence-electron chi connectivity index (χ2n) is 7.60. The average Bonchev–Trinajstić information content (AvgIpc) is 3.14. The maximum Gasteiger partial charge on any atom is 0.175 e. The Kier molecular flexibility index (Phi) is 6.14. The molecule has 5 nitrogen and oxygen atoms in total. The Balaban J connectivity index is 1.60. The Labute approximate surface area is 186 Å². The summed E-state index contributed by atoms with van der Waals surface area (Å²) in [6.45, 7) is 0.201. The second kappa shape index (κ2) is 8.83. The molecule has 4 aromatic rings. The van der Waals surface area contributed by atoms with Gasteiger partial charge in [0.1, 0.15) is 0 Å². The largest absolute Gasteiger partial charge is 0.396 e. The fourth-order valence-corrected chi connectivity index (χ4v) is 4.46. The fraction of sp³-hybridized carbons (Fsp3) is 0.208. The van der Waals surface area contributed by atoms with Gasteiger partial charge in [0.15, 0.2) is 9.84 Å². The SMILES string of the molecule is CS(=O)(=O)c1ccc(-c2ccc(-c3nc4cc(CCCCO)[nH]c4cc3Cl)cc2)cc1. The first kappa shape index (κ1) is 21.6. The third-order valence-electron chi connectivity index (χ3n) is 5.24. The molecule has 4 rings (SSSR count). The fourth-order valence-electron chi connectivity index (χ4n) is 3.57. The number of H-pyrrole nitrogens is 1. The van der Waals surface area contributed by atoms with Crippen molar-refractivity contribution < 1.29 is 13.5 Å². The molecular weight excluding hydrogens is 432 g/mol. The van der Waals surface area contributed by atoms with Crippen LogP contribution in [0, 0.1) is 0 Å². The van der Waals surface area contributed by atoms with Crippen LogP contribution >= 0.6 is 11.6 Å². The van der Waals surface area contributed by atoms with E-state index in [-0.39, 0.29) is 6.61 Å². The van der Waals surface area contributed by atoms with Gasteiger partial charge in [-0.05, 0) is 54.7 Å². The summed E-state index contributed by atoms with van der Waals surface area (Å²) in [4.78, 5) is 8.41. The lowest BCUT2D eigenvalue weighted by Crippen LogP contribution is -1.96. The number of nitrogens with one attached hydrogen (secondary N) is 1. The van der Waals surface area contributed by atoms with Crippen LogP contribution in [0.5, 0.6) is 0 Å². The minimum atomic E-state index is -3.21. The van der Waals surface area contributed by atoms with E-state index in [1.165, 1.54) is 6.26 Å². The van der Waals surface area contributed by atoms with Crippen LogP contribution in [-0.4, -0.2) is 36.4 Å². The van der Waals surface area contributed by atoms with Crippen LogP contribution < -0.4 is 0 Å². The molecule has 0 aliphatic rings. The molecular formula is C24H23ClN2O3S. The number of aryl methyl sites for hydroxylation is 1. The minimum Gasteiger partial charge on any atom is -0.396 e. The van der Waals surface area contributed by atoms with Gasteiger partial charge in [0.2, 0.25) is 0 Å². The molecule has 2 aromatic heterocycles. The number of benzene rings is 2. The van der Waals surface area contributed by atoms with E-state index in [4.69, 9.17) is 21.7 Å². The van der Waals surface area contributed by atoms with Crippen molar-refractivity contribution in [3.8, 4) is 22.4 Å². The molecule has 0 radical (unpaired) electrons. The highest BCUT2D eigenvalue weighted by Gasteiger charge is 2.11. The molecule has 7 heteroatoms. The Morgan fingerprint density at radius 1 is 0.935 bits per heavy atom. The first-order valence-corrected chi connectivity index (χ1v) is 12.3. The lowest BCUT2D eigenvalue weighted by molar-refractivity contribution is 0.284. The summed E-state index contributed by atoms with van der Waals surface area (Å²) < 4.78 is 23.3. The molecule has 0 unspecified atom stereocenters. The van der Waals surface area contributed by atoms with Gasteiger partial charge in [-0.3, -0.25) is 0 Å². The summed E-state index contributed by atoms with van der Waals surface area (Å²) in [6, 6.07) is 18.7. The highest BCUT2D eigenvalue weighted by atomic mass is 35.5. The zero-order valence-corrected chi connectivity index (χ0v) is 18.7. The summed E-state index contributed by atoms with van der Waals surface area (Å²) in [5, 5.41) is 9.53. The highest BCUT2D eigenvalue weighted by molar-refractivity contribution is 7.90. The van der Waals surface area contributed by atoms with Gasteiger partial charge in [0.25, 0.3) is 0 Å². The van der Waals surface area contributed by atoms with Crippen molar-refractivity contribution in [3.63, 3.8) is 0 Å². The van der Waals surface area contributed by atoms with E-state index in [9.17, 15) is 8.42 Å². The van der Waals surface area contributed by atoms with Gasteiger partial charge in [-0.15, -0.1) is 0 Å². The molecule has 0 aliphatic heterocycles. The summed E-state index contributed by atoms with van der Waals surface area (Å²) in [6.07, 6.45) is 3.75. The van der Waals surface area contributed by atoms with E-state index in [1.54, 1.807) is 24.3 Å². The van der Waals surface area contributed by atoms with Crippen LogP contribution in [0.1, 0.15) is 18.5 Å². The minimum absolute atomic E-state index is 0.201. The highest BCUT2D eigenvalue weighted by Crippen LogP contribution is 2.31. The standard InChI is InChI=1S/C24H23ClN2O3S/c1-31(29,30)20-11-9-17(10-12-20)16-5-7-18(8-6-16)24-21(25)15-23-22(27-24)14-19(26-23)4-2-3-13-28/h5-12,14-15,26,28H,2-4,13H2,1H3. The van der Waals surface area contributed by atoms with E-state index in [1.807, 2.05) is 36.4 Å². The zero-order chi connectivity index (χ0) is 22.0. The summed E-state index contributed by atoms with van der Waals surface area (Å²) in [5.74, 6) is 0. The molecule has 31 heavy (non-hydrogen) atoms. The Bertz CT molecular complexity index is 1310. The number of hydrogen-bond acceptors (Lipinski definition) is 4. The first-order valence-electron chi connectivity index (χ1n) is 10.0. The number of aromatic amines is 1. The van der Waals surface area contributed by atoms with Crippen molar-refractivity contribution in [2.75, 3.05) is 12.9 Å². The smallest absolute Gasteiger partial charge is 0.175 e. The van der Waals surface area contributed by atoms with E-state index in [2.05, 4.69) is 4.98 Å². The maximum atomic E-state index is 11.6. The van der Waals surface area contributed by atoms with Crippen molar-refractivity contribution >= 4 is 32.5 Å². The number of halogens is 1. The molecule has 0 aliphatic carbocycles. The molecule has 0 bridgehead atoms. The number of pyridine rings is 1. The summed E-state index contributed by atoms with van der Waals surface area (Å²) >= 11 is 6.52. The quantitative estimate of drug-likeness (QED) is 0.373. The van der Waals surface area contributed by atoms with Crippen molar-refractivity contribution in [2.24, 2.45) is 0 Å². The van der Waals surface area contributed by atoms with Gasteiger partial charge in [0, 0.05) is 24.1 Å². The van der Waals surface area contributed by atoms with Crippen LogP contribution in [-0.2, 0) is 16.3 Å². The number of nitrogens with zero attached hydrogens (tertiary/aromatic N) is 1. The van der Waals surface area contributed by atoms with Crippen LogP contribution in [0.25, 0.3) is 33.4 Å². The lowest BCUT2D eigenvalue weighted by atomic mass is 10.0. The third-order valence-corrected chi connectivity index (χ3v) is 6.66. The number of aliphatic hydroxyl groups is 1. The summed E-state index contributed by atoms with van der Waals surface area (Å²) in [5.41, 5.74) is 6.38. The molecule has 0 spiro atoms. The van der Waals surface area contributed by atoms with E-state index in [0.717, 1.165) is 52.7 Å². The van der Waals surface area contributed by atoms with Gasteiger partial charge >= 0.3 is 0 Å². The average molecular weight is 455 g/mol. The number of aliphatic hydroxyl groups excluding tert-OH is 1. The van der Waals surface area contributed by atoms with Crippen LogP contribution in [0.4, 0.5) is 0 Å². The molecule has 0 fully saturated rings. The molecule has 0 saturated heterocycles. The van der Waals surface area contributed by atoms with Crippen molar-refractivity contribution in [1.29, 1.82) is 0 Å². The van der Waals surface area contributed by atoms with Gasteiger partial charge in [-0.25, -0.2) is 13.4 Å². The number of aromatic nitrogens is 2. The van der Waals surface area contributed by atoms with Crippen LogP contribution in [0.2, 0.25) is 5.02 Å². The number of rotatable bonds is 7. The predicted octanol–water partition coefficient (Wildman–Crippen LogP) is 5.27. The molecule has 160 valence electrons. The second-order valence-corrected chi connectivity index (χ2v) is 10.0. The van der Waals surface area contributed by atoms with Crippen LogP contribution in [0.15, 0.2) is 65.6 Å². The van der Waals surface area contributed by atoms with Gasteiger partial charge < -0.3 is 10.1 Å². The number of unbranched alkanes of at least 4 members (excludes halogenated alkanes) is 1. The lowest BCUT2D eigenvalue weighted by Gasteiger charge is -2.07.